The van der Waals surface area contributed by atoms with Crippen LogP contribution in [0.15, 0.2) is 23.1 Å². The van der Waals surface area contributed by atoms with Gasteiger partial charge in [-0.25, -0.2) is 0 Å². The first-order chi connectivity index (χ1) is 10.5. The summed E-state index contributed by atoms with van der Waals surface area (Å²) >= 11 is 0. The Balaban J connectivity index is 3.46. The highest BCUT2D eigenvalue weighted by atomic mass is 32.2. The van der Waals surface area contributed by atoms with Gasteiger partial charge in [0, 0.05) is 16.8 Å². The Morgan fingerprint density at radius 3 is 2.04 bits per heavy atom. The van der Waals surface area contributed by atoms with Crippen molar-refractivity contribution >= 4 is 16.7 Å². The molecule has 0 aliphatic heterocycles. The van der Waals surface area contributed by atoms with Crippen LogP contribution in [0.3, 0.4) is 0 Å². The van der Waals surface area contributed by atoms with Crippen LogP contribution < -0.4 is 4.74 Å². The lowest BCUT2D eigenvalue weighted by atomic mass is 10.1. The minimum atomic E-state index is -1.32. The number of amides is 1. The Morgan fingerprint density at radius 1 is 1.13 bits per heavy atom. The first kappa shape index (κ1) is 19.7. The minimum Gasteiger partial charge on any atom is -0.497 e. The monoisotopic (exact) mass is 339 g/mol. The fourth-order valence-electron chi connectivity index (χ4n) is 2.49. The molecule has 0 fully saturated rings. The molecule has 0 aliphatic rings. The zero-order valence-corrected chi connectivity index (χ0v) is 16.3. The van der Waals surface area contributed by atoms with Crippen molar-refractivity contribution in [2.75, 3.05) is 7.11 Å². The Labute approximate surface area is 142 Å². The topological polar surface area (TPSA) is 46.6 Å². The van der Waals surface area contributed by atoms with Gasteiger partial charge >= 0.3 is 0 Å². The van der Waals surface area contributed by atoms with Gasteiger partial charge in [-0.3, -0.25) is 9.00 Å². The van der Waals surface area contributed by atoms with Gasteiger partial charge in [0.25, 0.3) is 5.91 Å². The van der Waals surface area contributed by atoms with Crippen LogP contribution in [0.4, 0.5) is 0 Å². The zero-order valence-electron chi connectivity index (χ0n) is 15.5. The molecule has 0 radical (unpaired) electrons. The first-order valence-electron chi connectivity index (χ1n) is 7.93. The summed E-state index contributed by atoms with van der Waals surface area (Å²) in [6, 6.07) is 5.32. The second-order valence-corrected chi connectivity index (χ2v) is 9.35. The van der Waals surface area contributed by atoms with Crippen molar-refractivity contribution < 1.29 is 13.7 Å². The fourth-order valence-corrected chi connectivity index (χ4v) is 3.73. The Morgan fingerprint density at radius 2 is 1.65 bits per heavy atom. The van der Waals surface area contributed by atoms with E-state index in [1.165, 1.54) is 0 Å². The molecule has 4 nitrogen and oxygen atoms in total. The average Bonchev–Trinajstić information content (AvgIpc) is 2.43. The van der Waals surface area contributed by atoms with Gasteiger partial charge in [-0.05, 0) is 66.7 Å². The highest BCUT2D eigenvalue weighted by molar-refractivity contribution is 7.86. The molecule has 0 aromatic heterocycles. The normalized spacial score (nSPS) is 13.3. The third kappa shape index (κ3) is 4.56. The van der Waals surface area contributed by atoms with Crippen molar-refractivity contribution in [1.82, 2.24) is 4.90 Å². The number of benzene rings is 1. The summed E-state index contributed by atoms with van der Waals surface area (Å²) in [4.78, 5) is 15.4. The molecule has 0 bridgehead atoms. The summed E-state index contributed by atoms with van der Waals surface area (Å²) in [5, 5.41) is 0. The molecule has 0 heterocycles. The molecular formula is C18H29NO3S. The van der Waals surface area contributed by atoms with E-state index in [-0.39, 0.29) is 18.0 Å². The van der Waals surface area contributed by atoms with E-state index >= 15 is 0 Å². The van der Waals surface area contributed by atoms with Gasteiger partial charge in [0.15, 0.2) is 0 Å². The van der Waals surface area contributed by atoms with Crippen molar-refractivity contribution in [3.05, 3.63) is 23.8 Å². The molecule has 1 atom stereocenters. The molecule has 0 saturated carbocycles. The Kier molecular flexibility index (Phi) is 6.40. The highest BCUT2D eigenvalue weighted by Crippen LogP contribution is 2.29. The van der Waals surface area contributed by atoms with Crippen LogP contribution in [0, 0.1) is 0 Å². The molecular weight excluding hydrogens is 310 g/mol. The van der Waals surface area contributed by atoms with E-state index < -0.39 is 15.5 Å². The summed E-state index contributed by atoms with van der Waals surface area (Å²) in [6.07, 6.45) is 0. The van der Waals surface area contributed by atoms with Gasteiger partial charge in [-0.1, -0.05) is 0 Å². The lowest BCUT2D eigenvalue weighted by Crippen LogP contribution is -2.42. The Hall–Kier alpha value is -1.36. The largest absolute Gasteiger partial charge is 0.497 e. The van der Waals surface area contributed by atoms with E-state index in [1.54, 1.807) is 25.3 Å². The van der Waals surface area contributed by atoms with Crippen LogP contribution in [-0.2, 0) is 10.8 Å². The fraction of sp³-hybridized carbons (Fsp3) is 0.611. The zero-order chi connectivity index (χ0) is 17.9. The second-order valence-electron chi connectivity index (χ2n) is 7.14. The molecule has 5 heteroatoms. The smallest absolute Gasteiger partial charge is 0.255 e. The number of carbonyl (C=O) groups is 1. The van der Waals surface area contributed by atoms with Gasteiger partial charge in [0.2, 0.25) is 0 Å². The summed E-state index contributed by atoms with van der Waals surface area (Å²) in [5.74, 6) is 0.514. The van der Waals surface area contributed by atoms with Crippen LogP contribution in [0.5, 0.6) is 5.75 Å². The second kappa shape index (κ2) is 7.47. The summed E-state index contributed by atoms with van der Waals surface area (Å²) in [7, 11) is 0.249. The number of methoxy groups -OCH3 is 1. The third-order valence-electron chi connectivity index (χ3n) is 3.52. The summed E-state index contributed by atoms with van der Waals surface area (Å²) < 4.78 is 17.7. The van der Waals surface area contributed by atoms with Crippen molar-refractivity contribution in [1.29, 1.82) is 0 Å². The van der Waals surface area contributed by atoms with Crippen molar-refractivity contribution in [3.8, 4) is 5.75 Å². The Bertz CT molecular complexity index is 580. The lowest BCUT2D eigenvalue weighted by molar-refractivity contribution is 0.0640. The van der Waals surface area contributed by atoms with Crippen LogP contribution in [0.1, 0.15) is 58.8 Å². The van der Waals surface area contributed by atoms with Crippen LogP contribution in [-0.4, -0.2) is 39.0 Å². The maximum absolute atomic E-state index is 13.0. The van der Waals surface area contributed by atoms with E-state index in [1.807, 2.05) is 53.4 Å². The maximum atomic E-state index is 13.0. The van der Waals surface area contributed by atoms with E-state index in [2.05, 4.69) is 0 Å². The van der Waals surface area contributed by atoms with E-state index in [0.29, 0.717) is 16.2 Å². The third-order valence-corrected chi connectivity index (χ3v) is 5.37. The van der Waals surface area contributed by atoms with E-state index in [9.17, 15) is 9.00 Å². The quantitative estimate of drug-likeness (QED) is 0.818. The molecule has 0 spiro atoms. The van der Waals surface area contributed by atoms with Crippen LogP contribution >= 0.6 is 0 Å². The first-order valence-corrected chi connectivity index (χ1v) is 9.08. The molecule has 1 aromatic carbocycles. The predicted octanol–water partition coefficient (Wildman–Crippen LogP) is 3.86. The number of hydrogen-bond acceptors (Lipinski definition) is 3. The standard InChI is InChI=1S/C18H29NO3S/c1-12(2)19(13(3)4)17(20)15-10-9-14(22-8)11-16(15)23(21)18(5,6)7/h9-13H,1-8H3. The van der Waals surface area contributed by atoms with Gasteiger partial charge in [-0.15, -0.1) is 0 Å². The number of carbonyl (C=O) groups excluding carboxylic acids is 1. The molecule has 1 rings (SSSR count). The number of nitrogens with zero attached hydrogens (tertiary/aromatic N) is 1. The number of rotatable bonds is 5. The van der Waals surface area contributed by atoms with Crippen molar-refractivity contribution in [3.63, 3.8) is 0 Å². The van der Waals surface area contributed by atoms with Crippen molar-refractivity contribution in [2.24, 2.45) is 0 Å². The molecule has 130 valence electrons. The molecule has 23 heavy (non-hydrogen) atoms. The predicted molar refractivity (Wildman–Crippen MR) is 95.6 cm³/mol. The molecule has 0 N–H and O–H groups in total. The van der Waals surface area contributed by atoms with E-state index in [0.717, 1.165) is 0 Å². The highest BCUT2D eigenvalue weighted by Gasteiger charge is 2.29. The number of hydrogen-bond donors (Lipinski definition) is 0. The van der Waals surface area contributed by atoms with Gasteiger partial charge < -0.3 is 9.64 Å². The molecule has 1 amide bonds. The van der Waals surface area contributed by atoms with Gasteiger partial charge in [0.1, 0.15) is 5.75 Å². The average molecular weight is 340 g/mol. The molecule has 0 saturated heterocycles. The van der Waals surface area contributed by atoms with Crippen LogP contribution in [0.25, 0.3) is 0 Å². The summed E-state index contributed by atoms with van der Waals surface area (Å²) in [6.45, 7) is 13.7. The summed E-state index contributed by atoms with van der Waals surface area (Å²) in [5.41, 5.74) is 0.487. The molecule has 1 aromatic rings. The van der Waals surface area contributed by atoms with Crippen molar-refractivity contribution in [2.45, 2.75) is 70.2 Å². The maximum Gasteiger partial charge on any atom is 0.255 e. The molecule has 0 aliphatic carbocycles. The number of ether oxygens (including phenoxy) is 1. The van der Waals surface area contributed by atoms with Crippen LogP contribution in [0.2, 0.25) is 0 Å². The van der Waals surface area contributed by atoms with Gasteiger partial charge in [-0.2, -0.15) is 0 Å². The lowest BCUT2D eigenvalue weighted by Gasteiger charge is -2.32. The minimum absolute atomic E-state index is 0.0699. The van der Waals surface area contributed by atoms with Gasteiger partial charge in [0.05, 0.1) is 28.4 Å². The van der Waals surface area contributed by atoms with E-state index in [4.69, 9.17) is 4.74 Å². The SMILES string of the molecule is COc1ccc(C(=O)N(C(C)C)C(C)C)c(S(=O)C(C)(C)C)c1. The molecule has 1 unspecified atom stereocenters.